The van der Waals surface area contributed by atoms with Gasteiger partial charge in [-0.2, -0.15) is 0 Å². The highest BCUT2D eigenvalue weighted by Gasteiger charge is 2.66. The molecule has 0 aliphatic carbocycles. The molecule has 326 valence electrons. The summed E-state index contributed by atoms with van der Waals surface area (Å²) >= 11 is 0. The number of rotatable bonds is 11. The van der Waals surface area contributed by atoms with Gasteiger partial charge in [-0.1, -0.05) is 78.9 Å². The third kappa shape index (κ3) is 6.95. The van der Waals surface area contributed by atoms with Gasteiger partial charge >= 0.3 is 0 Å². The van der Waals surface area contributed by atoms with Crippen molar-refractivity contribution in [2.24, 2.45) is 5.92 Å². The molecule has 5 heterocycles. The number of carbonyl (C=O) groups is 3. The van der Waals surface area contributed by atoms with Crippen molar-refractivity contribution in [3.63, 3.8) is 0 Å². The second-order valence-electron chi connectivity index (χ2n) is 17.4. The molecule has 2 N–H and O–H groups in total. The summed E-state index contributed by atoms with van der Waals surface area (Å²) in [7, 11) is -3.06. The second-order valence-corrected chi connectivity index (χ2v) is 21.4. The number of ether oxygens (including phenoxy) is 3. The fraction of sp³-hybridized carbons (Fsp3) is 0.286. The maximum absolute atomic E-state index is 15.6. The Morgan fingerprint density at radius 3 is 2.08 bits per heavy atom. The van der Waals surface area contributed by atoms with Gasteiger partial charge in [0, 0.05) is 41.1 Å². The summed E-state index contributed by atoms with van der Waals surface area (Å²) < 4.78 is 20.5. The molecule has 4 aliphatic rings. The van der Waals surface area contributed by atoms with Crippen LogP contribution in [0.3, 0.4) is 0 Å². The molecule has 1 unspecified atom stereocenters. The molecule has 3 amide bonds. The Labute approximate surface area is 371 Å². The molecule has 1 aromatic heterocycles. The van der Waals surface area contributed by atoms with Crippen molar-refractivity contribution in [2.75, 3.05) is 34.5 Å². The van der Waals surface area contributed by atoms with Crippen molar-refractivity contribution in [3.8, 4) is 11.5 Å². The van der Waals surface area contributed by atoms with Gasteiger partial charge in [0.05, 0.1) is 47.9 Å². The summed E-state index contributed by atoms with van der Waals surface area (Å²) in [5.74, 6) is -0.402. The molecule has 14 nitrogen and oxygen atoms in total. The van der Waals surface area contributed by atoms with Crippen LogP contribution >= 0.6 is 0 Å². The minimum atomic E-state index is -3.06. The van der Waals surface area contributed by atoms with Crippen LogP contribution in [-0.4, -0.2) is 76.9 Å². The van der Waals surface area contributed by atoms with E-state index in [-0.39, 0.29) is 55.5 Å². The molecule has 0 saturated carbocycles. The summed E-state index contributed by atoms with van der Waals surface area (Å²) in [4.78, 5) is 59.7. The molecule has 6 aromatic rings. The Morgan fingerprint density at radius 2 is 1.42 bits per heavy atom. The smallest absolute Gasteiger partial charge is 0.269 e. The molecule has 5 aromatic carbocycles. The molecular formula is C49H48N6O8Si. The lowest BCUT2D eigenvalue weighted by Crippen LogP contribution is -2.46. The number of anilines is 5. The fourth-order valence-corrected chi connectivity index (χ4v) is 12.9. The highest BCUT2D eigenvalue weighted by molar-refractivity contribution is 6.71. The van der Waals surface area contributed by atoms with E-state index in [2.05, 4.69) is 10.3 Å². The summed E-state index contributed by atoms with van der Waals surface area (Å²) in [6.07, 6.45) is 1.69. The first kappa shape index (κ1) is 41.4. The number of hydrogen-bond donors (Lipinski definition) is 2. The molecule has 5 atom stereocenters. The maximum atomic E-state index is 15.6. The molecule has 1 spiro atoms. The number of benzene rings is 5. The quantitative estimate of drug-likeness (QED) is 0.131. The second kappa shape index (κ2) is 16.2. The number of aromatic nitrogens is 3. The summed E-state index contributed by atoms with van der Waals surface area (Å²) in [6.45, 7) is 5.92. The number of hydrogen-bond acceptors (Lipinski definition) is 10. The van der Waals surface area contributed by atoms with Crippen LogP contribution in [0.2, 0.25) is 18.6 Å². The average molecular weight is 877 g/mol. The Morgan fingerprint density at radius 1 is 0.781 bits per heavy atom. The van der Waals surface area contributed by atoms with Gasteiger partial charge in [0.15, 0.2) is 27.1 Å². The van der Waals surface area contributed by atoms with Crippen molar-refractivity contribution in [3.05, 3.63) is 150 Å². The summed E-state index contributed by atoms with van der Waals surface area (Å²) in [5.41, 5.74) is 4.09. The number of amides is 3. The minimum Gasteiger partial charge on any atom is -0.482 e. The largest absolute Gasteiger partial charge is 0.482 e. The van der Waals surface area contributed by atoms with E-state index in [9.17, 15) is 19.5 Å². The first-order valence-electron chi connectivity index (χ1n) is 21.6. The van der Waals surface area contributed by atoms with Crippen molar-refractivity contribution in [1.82, 2.24) is 15.0 Å². The molecule has 0 bridgehead atoms. The Kier molecular flexibility index (Phi) is 10.4. The predicted molar refractivity (Wildman–Crippen MR) is 241 cm³/mol. The Hall–Kier alpha value is -6.65. The highest BCUT2D eigenvalue weighted by Crippen LogP contribution is 2.60. The van der Waals surface area contributed by atoms with Crippen LogP contribution in [0, 0.1) is 5.92 Å². The van der Waals surface area contributed by atoms with E-state index in [4.69, 9.17) is 14.2 Å². The SMILES string of the molecule is C[C@@H]1[C@@H]([Si](C)(C)O)[C@H](CCn2cc(C(CO)c3ccccc3)nn2)O[C@@]12C(=O)N(Cc1cccc(N3C(=O)COc4ccccc43)c1)c1ccc(N3C(=O)COc4ccccc43)cc12. The lowest BCUT2D eigenvalue weighted by Gasteiger charge is -2.33. The van der Waals surface area contributed by atoms with E-state index in [0.717, 1.165) is 11.1 Å². The van der Waals surface area contributed by atoms with Gasteiger partial charge in [-0.15, -0.1) is 5.10 Å². The van der Waals surface area contributed by atoms with Gasteiger partial charge in [-0.25, -0.2) is 0 Å². The summed E-state index contributed by atoms with van der Waals surface area (Å²) in [6, 6.07) is 37.6. The van der Waals surface area contributed by atoms with Crippen LogP contribution < -0.4 is 24.2 Å². The molecule has 0 radical (unpaired) electrons. The zero-order valence-electron chi connectivity index (χ0n) is 35.7. The van der Waals surface area contributed by atoms with E-state index in [1.165, 1.54) is 0 Å². The number of carbonyl (C=O) groups excluding carboxylic acids is 3. The molecule has 1 fully saturated rings. The van der Waals surface area contributed by atoms with Crippen LogP contribution in [0.15, 0.2) is 128 Å². The van der Waals surface area contributed by atoms with E-state index in [1.807, 2.05) is 148 Å². The van der Waals surface area contributed by atoms with Crippen molar-refractivity contribution in [2.45, 2.75) is 62.7 Å². The maximum Gasteiger partial charge on any atom is 0.269 e. The molecule has 1 saturated heterocycles. The predicted octanol–water partition coefficient (Wildman–Crippen LogP) is 6.95. The summed E-state index contributed by atoms with van der Waals surface area (Å²) in [5, 5.41) is 19.2. The van der Waals surface area contributed by atoms with E-state index >= 15 is 4.79 Å². The van der Waals surface area contributed by atoms with Gasteiger partial charge in [0.1, 0.15) is 11.5 Å². The monoisotopic (exact) mass is 876 g/mol. The lowest BCUT2D eigenvalue weighted by atomic mass is 9.82. The zero-order valence-corrected chi connectivity index (χ0v) is 36.7. The third-order valence-electron chi connectivity index (χ3n) is 13.1. The fourth-order valence-electron chi connectivity index (χ4n) is 10.3. The molecule has 4 aliphatic heterocycles. The Bertz CT molecular complexity index is 2780. The van der Waals surface area contributed by atoms with E-state index in [0.29, 0.717) is 64.2 Å². The van der Waals surface area contributed by atoms with Crippen molar-refractivity contribution >= 4 is 54.5 Å². The zero-order chi connectivity index (χ0) is 44.3. The van der Waals surface area contributed by atoms with Crippen LogP contribution in [-0.2, 0) is 37.8 Å². The number of fused-ring (bicyclic) bond motifs is 4. The number of nitrogens with zero attached hydrogens (tertiary/aromatic N) is 6. The van der Waals surface area contributed by atoms with Crippen molar-refractivity contribution in [1.29, 1.82) is 0 Å². The van der Waals surface area contributed by atoms with Gasteiger partial charge < -0.3 is 29.0 Å². The molecule has 10 rings (SSSR count). The van der Waals surface area contributed by atoms with Gasteiger partial charge in [0.25, 0.3) is 17.7 Å². The van der Waals surface area contributed by atoms with Crippen LogP contribution in [0.4, 0.5) is 28.4 Å². The van der Waals surface area contributed by atoms with Gasteiger partial charge in [-0.05, 0) is 85.2 Å². The number of aliphatic hydroxyl groups is 1. The Balaban J connectivity index is 1.02. The highest BCUT2D eigenvalue weighted by atomic mass is 28.4. The average Bonchev–Trinajstić information content (AvgIpc) is 3.96. The van der Waals surface area contributed by atoms with Gasteiger partial charge in [-0.3, -0.25) is 28.9 Å². The molecule has 15 heteroatoms. The van der Waals surface area contributed by atoms with Crippen LogP contribution in [0.25, 0.3) is 0 Å². The minimum absolute atomic E-state index is 0.1000. The number of aryl methyl sites for hydroxylation is 1. The number of para-hydroxylation sites is 4. The molecular weight excluding hydrogens is 829 g/mol. The van der Waals surface area contributed by atoms with E-state index < -0.39 is 25.9 Å². The van der Waals surface area contributed by atoms with Crippen LogP contribution in [0.1, 0.15) is 41.6 Å². The normalized spacial score (nSPS) is 22.0. The van der Waals surface area contributed by atoms with E-state index in [1.54, 1.807) is 19.4 Å². The van der Waals surface area contributed by atoms with Gasteiger partial charge in [0.2, 0.25) is 0 Å². The standard InChI is InChI=1S/C49H48N6O8Si/c1-31-47(64(2,3)60)44(22-23-52-27-38(50-51-52)36(28-56)33-13-5-4-6-14-33)63-49(31)37-25-35(55-41-17-8-10-19-43(41)62-30-46(55)58)20-21-39(37)53(48(49)59)26-32-12-11-15-34(24-32)54-40-16-7-9-18-42(40)61-29-45(54)57/h4-21,24-25,27,31,36,44,47,56,60H,22-23,26,28-30H2,1-3H3/t31-,36?,44+,47-,49+/m1/s1. The first-order valence-corrected chi connectivity index (χ1v) is 24.6. The number of aliphatic hydroxyl groups excluding tert-OH is 1. The third-order valence-corrected chi connectivity index (χ3v) is 15.6. The lowest BCUT2D eigenvalue weighted by molar-refractivity contribution is -0.146. The first-order chi connectivity index (χ1) is 31.0. The van der Waals surface area contributed by atoms with Crippen molar-refractivity contribution < 1.29 is 38.5 Å². The van der Waals surface area contributed by atoms with Crippen LogP contribution in [0.5, 0.6) is 11.5 Å². The molecule has 64 heavy (non-hydrogen) atoms. The topological polar surface area (TPSA) is 160 Å².